The molecule has 0 spiro atoms. The van der Waals surface area contributed by atoms with Gasteiger partial charge in [-0.3, -0.25) is 9.59 Å². The van der Waals surface area contributed by atoms with E-state index < -0.39 is 15.9 Å². The molecule has 0 aliphatic carbocycles. The number of carbonyl (C=O) groups excluding carboxylic acids is 2. The molecule has 132 valence electrons. The SMILES string of the molecule is CCSCc1ccc(C(=O)NS(=O)(=O)c2ccc(C(C)=O)cc2)cc1. The van der Waals surface area contributed by atoms with E-state index in [1.165, 1.54) is 31.2 Å². The van der Waals surface area contributed by atoms with E-state index in [0.29, 0.717) is 5.56 Å². The molecule has 0 unspecified atom stereocenters. The van der Waals surface area contributed by atoms with Gasteiger partial charge in [-0.05, 0) is 42.5 Å². The smallest absolute Gasteiger partial charge is 0.264 e. The lowest BCUT2D eigenvalue weighted by Gasteiger charge is -2.08. The molecule has 0 aromatic heterocycles. The minimum atomic E-state index is -3.99. The summed E-state index contributed by atoms with van der Waals surface area (Å²) in [5, 5.41) is 0. The van der Waals surface area contributed by atoms with Crippen LogP contribution in [0.15, 0.2) is 53.4 Å². The van der Waals surface area contributed by atoms with Crippen LogP contribution in [0, 0.1) is 0 Å². The summed E-state index contributed by atoms with van der Waals surface area (Å²) in [6.07, 6.45) is 0. The molecule has 0 atom stereocenters. The van der Waals surface area contributed by atoms with Crippen LogP contribution >= 0.6 is 11.8 Å². The van der Waals surface area contributed by atoms with Crippen LogP contribution in [-0.4, -0.2) is 25.9 Å². The molecule has 0 aliphatic rings. The molecule has 0 saturated heterocycles. The average Bonchev–Trinajstić information content (AvgIpc) is 2.60. The van der Waals surface area contributed by atoms with Gasteiger partial charge in [0.1, 0.15) is 0 Å². The molecule has 1 amide bonds. The fraction of sp³-hybridized carbons (Fsp3) is 0.222. The fourth-order valence-corrected chi connectivity index (χ4v) is 3.69. The summed E-state index contributed by atoms with van der Waals surface area (Å²) in [6.45, 7) is 3.47. The normalized spacial score (nSPS) is 11.1. The summed E-state index contributed by atoms with van der Waals surface area (Å²) < 4.78 is 26.6. The highest BCUT2D eigenvalue weighted by Crippen LogP contribution is 2.14. The molecule has 0 saturated carbocycles. The number of amides is 1. The summed E-state index contributed by atoms with van der Waals surface area (Å²) in [4.78, 5) is 23.4. The predicted molar refractivity (Wildman–Crippen MR) is 99.4 cm³/mol. The lowest BCUT2D eigenvalue weighted by atomic mass is 10.1. The zero-order chi connectivity index (χ0) is 18.4. The highest BCUT2D eigenvalue weighted by atomic mass is 32.2. The van der Waals surface area contributed by atoms with Gasteiger partial charge in [-0.25, -0.2) is 13.1 Å². The van der Waals surface area contributed by atoms with Crippen LogP contribution in [0.3, 0.4) is 0 Å². The van der Waals surface area contributed by atoms with E-state index in [1.54, 1.807) is 23.9 Å². The van der Waals surface area contributed by atoms with Crippen LogP contribution < -0.4 is 4.72 Å². The molecule has 0 fully saturated rings. The van der Waals surface area contributed by atoms with E-state index in [2.05, 4.69) is 6.92 Å². The Balaban J connectivity index is 2.11. The number of nitrogens with one attached hydrogen (secondary N) is 1. The van der Waals surface area contributed by atoms with Gasteiger partial charge in [-0.1, -0.05) is 31.2 Å². The number of sulfonamides is 1. The first-order valence-corrected chi connectivity index (χ1v) is 10.3. The van der Waals surface area contributed by atoms with Crippen LogP contribution in [0.4, 0.5) is 0 Å². The Morgan fingerprint density at radius 1 is 0.960 bits per heavy atom. The van der Waals surface area contributed by atoms with Gasteiger partial charge in [0.15, 0.2) is 5.78 Å². The van der Waals surface area contributed by atoms with Gasteiger partial charge < -0.3 is 0 Å². The lowest BCUT2D eigenvalue weighted by Crippen LogP contribution is -2.30. The third-order valence-electron chi connectivity index (χ3n) is 3.49. The maximum absolute atomic E-state index is 12.3. The molecular weight excluding hydrogens is 358 g/mol. The monoisotopic (exact) mass is 377 g/mol. The predicted octanol–water partition coefficient (Wildman–Crippen LogP) is 3.26. The van der Waals surface area contributed by atoms with Gasteiger partial charge >= 0.3 is 0 Å². The van der Waals surface area contributed by atoms with Crippen LogP contribution in [0.25, 0.3) is 0 Å². The Bertz CT molecular complexity index is 857. The van der Waals surface area contributed by atoms with Crippen molar-refractivity contribution in [2.24, 2.45) is 0 Å². The number of carbonyl (C=O) groups is 2. The Labute approximate surface area is 151 Å². The van der Waals surface area contributed by atoms with Crippen molar-refractivity contribution in [3.63, 3.8) is 0 Å². The highest BCUT2D eigenvalue weighted by Gasteiger charge is 2.19. The van der Waals surface area contributed by atoms with Gasteiger partial charge in [-0.15, -0.1) is 0 Å². The Morgan fingerprint density at radius 2 is 1.52 bits per heavy atom. The van der Waals surface area contributed by atoms with Crippen LogP contribution in [0.1, 0.15) is 40.1 Å². The number of hydrogen-bond acceptors (Lipinski definition) is 5. The van der Waals surface area contributed by atoms with Crippen molar-refractivity contribution in [2.75, 3.05) is 5.75 Å². The van der Waals surface area contributed by atoms with Gasteiger partial charge in [-0.2, -0.15) is 11.8 Å². The first-order chi connectivity index (χ1) is 11.8. The number of hydrogen-bond donors (Lipinski definition) is 1. The second-order valence-electron chi connectivity index (χ2n) is 5.35. The van der Waals surface area contributed by atoms with E-state index in [1.807, 2.05) is 16.9 Å². The molecule has 0 heterocycles. The van der Waals surface area contributed by atoms with Gasteiger partial charge in [0.05, 0.1) is 4.90 Å². The maximum Gasteiger partial charge on any atom is 0.264 e. The van der Waals surface area contributed by atoms with Crippen molar-refractivity contribution >= 4 is 33.5 Å². The van der Waals surface area contributed by atoms with Crippen molar-refractivity contribution in [2.45, 2.75) is 24.5 Å². The highest BCUT2D eigenvalue weighted by molar-refractivity contribution is 7.98. The zero-order valence-electron chi connectivity index (χ0n) is 14.0. The molecule has 2 rings (SSSR count). The third-order valence-corrected chi connectivity index (χ3v) is 5.78. The van der Waals surface area contributed by atoms with Gasteiger partial charge in [0.2, 0.25) is 0 Å². The first kappa shape index (κ1) is 19.2. The molecular formula is C18H19NO4S2. The van der Waals surface area contributed by atoms with Crippen molar-refractivity contribution in [1.82, 2.24) is 4.72 Å². The number of benzene rings is 2. The Kier molecular flexibility index (Phi) is 6.39. The molecule has 1 N–H and O–H groups in total. The number of ketones is 1. The summed E-state index contributed by atoms with van der Waals surface area (Å²) in [5.74, 6) is 1.00. The summed E-state index contributed by atoms with van der Waals surface area (Å²) in [7, 11) is -3.99. The second-order valence-corrected chi connectivity index (χ2v) is 8.31. The summed E-state index contributed by atoms with van der Waals surface area (Å²) in [5.41, 5.74) is 1.76. The maximum atomic E-state index is 12.3. The van der Waals surface area contributed by atoms with Crippen molar-refractivity contribution < 1.29 is 18.0 Å². The Morgan fingerprint density at radius 3 is 2.04 bits per heavy atom. The standard InChI is InChI=1S/C18H19NO4S2/c1-3-24-12-14-4-6-16(7-5-14)18(21)19-25(22,23)17-10-8-15(9-11-17)13(2)20/h4-11H,3,12H2,1-2H3,(H,19,21). The zero-order valence-corrected chi connectivity index (χ0v) is 15.6. The van der Waals surface area contributed by atoms with Crippen molar-refractivity contribution in [3.8, 4) is 0 Å². The molecule has 0 radical (unpaired) electrons. The van der Waals surface area contributed by atoms with E-state index in [-0.39, 0.29) is 16.2 Å². The first-order valence-electron chi connectivity index (χ1n) is 7.68. The topological polar surface area (TPSA) is 80.3 Å². The molecule has 2 aromatic carbocycles. The molecule has 2 aromatic rings. The Hall–Kier alpha value is -2.12. The van der Waals surface area contributed by atoms with Crippen LogP contribution in [0.5, 0.6) is 0 Å². The van der Waals surface area contributed by atoms with Gasteiger partial charge in [0, 0.05) is 16.9 Å². The third kappa shape index (κ3) is 5.17. The average molecular weight is 377 g/mol. The van der Waals surface area contributed by atoms with E-state index >= 15 is 0 Å². The van der Waals surface area contributed by atoms with E-state index in [9.17, 15) is 18.0 Å². The molecule has 25 heavy (non-hydrogen) atoms. The molecule has 0 bridgehead atoms. The van der Waals surface area contributed by atoms with Gasteiger partial charge in [0.25, 0.3) is 15.9 Å². The number of Topliss-reactive ketones (excluding diaryl/α,β-unsaturated/α-hetero) is 1. The quantitative estimate of drug-likeness (QED) is 0.749. The van der Waals surface area contributed by atoms with Crippen LogP contribution in [0.2, 0.25) is 0 Å². The summed E-state index contributed by atoms with van der Waals surface area (Å²) >= 11 is 1.77. The van der Waals surface area contributed by atoms with Crippen molar-refractivity contribution in [1.29, 1.82) is 0 Å². The molecule has 7 heteroatoms. The number of rotatable bonds is 7. The van der Waals surface area contributed by atoms with E-state index in [4.69, 9.17) is 0 Å². The summed E-state index contributed by atoms with van der Waals surface area (Å²) in [6, 6.07) is 12.3. The lowest BCUT2D eigenvalue weighted by molar-refractivity contribution is 0.0979. The fourth-order valence-electron chi connectivity index (χ4n) is 2.08. The minimum absolute atomic E-state index is 0.0678. The second kappa shape index (κ2) is 8.31. The number of thioether (sulfide) groups is 1. The van der Waals surface area contributed by atoms with E-state index in [0.717, 1.165) is 17.1 Å². The largest absolute Gasteiger partial charge is 0.295 e. The minimum Gasteiger partial charge on any atom is -0.295 e. The molecule has 0 aliphatic heterocycles. The van der Waals surface area contributed by atoms with Crippen molar-refractivity contribution in [3.05, 3.63) is 65.2 Å². The van der Waals surface area contributed by atoms with Crippen LogP contribution in [-0.2, 0) is 15.8 Å². The molecule has 5 nitrogen and oxygen atoms in total.